The zero-order valence-corrected chi connectivity index (χ0v) is 30.4. The molecule has 14 heteroatoms. The van der Waals surface area contributed by atoms with Crippen LogP contribution in [-0.4, -0.2) is 81.5 Å². The molecule has 3 aromatic carbocycles. The van der Waals surface area contributed by atoms with Crippen LogP contribution in [0.4, 0.5) is 23.4 Å². The van der Waals surface area contributed by atoms with Crippen LogP contribution in [0.1, 0.15) is 61.7 Å². The molecule has 0 amide bonds. The molecular weight excluding hydrogens is 718 g/mol. The van der Waals surface area contributed by atoms with E-state index in [-0.39, 0.29) is 69.9 Å². The number of rotatable bonds is 7. The number of fused-ring (bicyclic) bond motifs is 4. The first-order valence-electron chi connectivity index (χ1n) is 18.7. The van der Waals surface area contributed by atoms with E-state index < -0.39 is 40.5 Å². The number of aromatic hydroxyl groups is 1. The highest BCUT2D eigenvalue weighted by Gasteiger charge is 2.49. The van der Waals surface area contributed by atoms with Gasteiger partial charge in [0, 0.05) is 54.7 Å². The monoisotopic (exact) mass is 757 g/mol. The number of aryl methyl sites for hydroxylation is 2. The van der Waals surface area contributed by atoms with Crippen LogP contribution in [0.2, 0.25) is 0 Å². The number of hydrogen-bond donors (Lipinski definition) is 1. The molecular formula is C41H39F4N5O5. The van der Waals surface area contributed by atoms with Crippen molar-refractivity contribution in [3.05, 3.63) is 75.0 Å². The third-order valence-electron chi connectivity index (χ3n) is 12.2. The average Bonchev–Trinajstić information content (AvgIpc) is 3.76. The van der Waals surface area contributed by atoms with Crippen molar-refractivity contribution < 1.29 is 36.2 Å². The van der Waals surface area contributed by atoms with Gasteiger partial charge in [0.05, 0.1) is 28.6 Å². The first-order valence-corrected chi connectivity index (χ1v) is 18.7. The van der Waals surface area contributed by atoms with Crippen molar-refractivity contribution in [2.45, 2.75) is 82.7 Å². The van der Waals surface area contributed by atoms with Crippen LogP contribution in [0.3, 0.4) is 0 Å². The Morgan fingerprint density at radius 2 is 1.95 bits per heavy atom. The van der Waals surface area contributed by atoms with Gasteiger partial charge in [-0.2, -0.15) is 9.97 Å². The number of hydrogen-bond acceptors (Lipinski definition) is 10. The summed E-state index contributed by atoms with van der Waals surface area (Å²) in [5, 5.41) is 11.3. The smallest absolute Gasteiger partial charge is 0.508 e. The lowest BCUT2D eigenvalue weighted by molar-refractivity contribution is 0.107. The van der Waals surface area contributed by atoms with Gasteiger partial charge >= 0.3 is 11.8 Å². The Kier molecular flexibility index (Phi) is 8.58. The molecule has 4 aliphatic heterocycles. The summed E-state index contributed by atoms with van der Waals surface area (Å²) >= 11 is 0. The number of piperazine rings is 1. The van der Waals surface area contributed by atoms with Gasteiger partial charge in [-0.15, -0.1) is 6.42 Å². The number of ether oxygens (including phenoxy) is 1. The minimum absolute atomic E-state index is 0.0672. The number of terminal acetylenes is 1. The highest BCUT2D eigenvalue weighted by molar-refractivity contribution is 6.05. The van der Waals surface area contributed by atoms with Crippen LogP contribution in [-0.2, 0) is 13.0 Å². The van der Waals surface area contributed by atoms with Gasteiger partial charge in [-0.1, -0.05) is 18.9 Å². The Morgan fingerprint density at radius 3 is 2.71 bits per heavy atom. The molecule has 0 bridgehead atoms. The second-order valence-electron chi connectivity index (χ2n) is 15.3. The molecule has 0 radical (unpaired) electrons. The van der Waals surface area contributed by atoms with Crippen molar-refractivity contribution in [3.63, 3.8) is 0 Å². The molecule has 4 aliphatic rings. The van der Waals surface area contributed by atoms with Crippen LogP contribution in [0.25, 0.3) is 32.8 Å². The molecule has 3 saturated heterocycles. The Bertz CT molecular complexity index is 2480. The van der Waals surface area contributed by atoms with Gasteiger partial charge in [-0.3, -0.25) is 9.80 Å². The molecule has 3 fully saturated rings. The minimum atomic E-state index is -1.04. The van der Waals surface area contributed by atoms with E-state index in [1.165, 1.54) is 18.2 Å². The minimum Gasteiger partial charge on any atom is -0.508 e. The van der Waals surface area contributed by atoms with E-state index in [1.54, 1.807) is 6.92 Å². The topological polar surface area (TPSA) is 108 Å². The highest BCUT2D eigenvalue weighted by Crippen LogP contribution is 2.46. The van der Waals surface area contributed by atoms with E-state index in [4.69, 9.17) is 25.0 Å². The van der Waals surface area contributed by atoms with Gasteiger partial charge < -0.3 is 23.6 Å². The maximum Gasteiger partial charge on any atom is 0.519 e. The van der Waals surface area contributed by atoms with Gasteiger partial charge in [0.15, 0.2) is 11.6 Å². The van der Waals surface area contributed by atoms with Crippen molar-refractivity contribution in [2.24, 2.45) is 0 Å². The molecule has 5 aromatic rings. The lowest BCUT2D eigenvalue weighted by atomic mass is 9.90. The van der Waals surface area contributed by atoms with E-state index >= 15 is 13.2 Å². The van der Waals surface area contributed by atoms with Crippen LogP contribution >= 0.6 is 0 Å². The fourth-order valence-electron chi connectivity index (χ4n) is 9.61. The molecule has 286 valence electrons. The lowest BCUT2D eigenvalue weighted by Gasteiger charge is -2.46. The number of benzene rings is 3. The molecule has 0 saturated carbocycles. The maximum atomic E-state index is 17.4. The standard InChI is InChI=1S/C41H39F4N5O5/c1-4-24-18-50-25(17-48(24)19-31-21(3)54-40(52)55-31)8-9-28-34-37(46-39(47-38(34)50)53-20-41-11-6-12-49(41)16-23(42)15-41)36(45)33(35(28)44)29-14-26(51)13-22-7-10-30(43)27(5-2)32(22)29/h2,7,10,13-14,23-25,51H,4,6,8-9,11-12,15-20H2,1,3H3/t23-,24-,25-,41?/m1/s1. The summed E-state index contributed by atoms with van der Waals surface area (Å²) in [6.45, 7) is 6.11. The third-order valence-corrected chi connectivity index (χ3v) is 12.2. The molecule has 10 nitrogen and oxygen atoms in total. The number of alkyl halides is 1. The van der Waals surface area contributed by atoms with Crippen molar-refractivity contribution >= 4 is 27.5 Å². The Morgan fingerprint density at radius 1 is 1.11 bits per heavy atom. The molecule has 0 spiro atoms. The number of phenols is 1. The first-order chi connectivity index (χ1) is 26.5. The summed E-state index contributed by atoms with van der Waals surface area (Å²) in [6, 6.07) is 4.66. The number of phenolic OH excluding ortho intramolecular Hbond substituents is 1. The summed E-state index contributed by atoms with van der Waals surface area (Å²) in [5.41, 5.74) is -1.37. The molecule has 6 heterocycles. The number of anilines is 1. The van der Waals surface area contributed by atoms with Crippen molar-refractivity contribution in [2.75, 3.05) is 37.7 Å². The zero-order valence-electron chi connectivity index (χ0n) is 30.4. The average molecular weight is 758 g/mol. The van der Waals surface area contributed by atoms with E-state index in [0.717, 1.165) is 25.5 Å². The van der Waals surface area contributed by atoms with E-state index in [1.807, 2.05) is 6.92 Å². The molecule has 55 heavy (non-hydrogen) atoms. The summed E-state index contributed by atoms with van der Waals surface area (Å²) in [4.78, 5) is 27.7. The Labute approximate surface area is 313 Å². The van der Waals surface area contributed by atoms with E-state index in [9.17, 15) is 14.3 Å². The number of halogens is 4. The molecule has 1 unspecified atom stereocenters. The second-order valence-corrected chi connectivity index (χ2v) is 15.3. The SMILES string of the molecule is C#Cc1c(F)ccc2cc(O)cc(-c3c(F)c4c5c(nc(OCC67CCCN6C[C@H](F)C7)nc5c3F)N3C[C@@H](CC)N(Cc5oc(=O)oc5C)C[C@H]3CC4)c12. The summed E-state index contributed by atoms with van der Waals surface area (Å²) < 4.78 is 81.4. The van der Waals surface area contributed by atoms with Crippen molar-refractivity contribution in [1.82, 2.24) is 19.8 Å². The number of nitrogens with zero attached hydrogens (tertiary/aromatic N) is 5. The highest BCUT2D eigenvalue weighted by atomic mass is 19.1. The summed E-state index contributed by atoms with van der Waals surface area (Å²) in [6.07, 6.45) is 7.99. The molecule has 0 aliphatic carbocycles. The van der Waals surface area contributed by atoms with Crippen LogP contribution in [0.5, 0.6) is 11.8 Å². The maximum absolute atomic E-state index is 17.4. The van der Waals surface area contributed by atoms with Gasteiger partial charge in [0.2, 0.25) is 0 Å². The fraction of sp³-hybridized carbons (Fsp3) is 0.439. The quantitative estimate of drug-likeness (QED) is 0.141. The molecule has 1 N–H and O–H groups in total. The number of aromatic nitrogens is 2. The molecule has 2 aromatic heterocycles. The zero-order chi connectivity index (χ0) is 38.3. The predicted molar refractivity (Wildman–Crippen MR) is 196 cm³/mol. The normalized spacial score (nSPS) is 23.9. The second kappa shape index (κ2) is 13.3. The van der Waals surface area contributed by atoms with Gasteiger partial charge in [0.25, 0.3) is 0 Å². The Hall–Kier alpha value is -5.13. The predicted octanol–water partition coefficient (Wildman–Crippen LogP) is 6.78. The summed E-state index contributed by atoms with van der Waals surface area (Å²) in [7, 11) is 0. The van der Waals surface area contributed by atoms with Crippen molar-refractivity contribution in [1.29, 1.82) is 0 Å². The largest absolute Gasteiger partial charge is 0.519 e. The lowest BCUT2D eigenvalue weighted by Crippen LogP contribution is -2.58. The van der Waals surface area contributed by atoms with Crippen LogP contribution < -0.4 is 15.5 Å². The van der Waals surface area contributed by atoms with Gasteiger partial charge in [0.1, 0.15) is 47.3 Å². The van der Waals surface area contributed by atoms with Crippen LogP contribution in [0, 0.1) is 36.7 Å². The third kappa shape index (κ3) is 5.73. The molecule has 4 atom stereocenters. The fourth-order valence-corrected chi connectivity index (χ4v) is 9.61. The first kappa shape index (κ1) is 35.6. The van der Waals surface area contributed by atoms with Crippen molar-refractivity contribution in [3.8, 4) is 35.2 Å². The van der Waals surface area contributed by atoms with Gasteiger partial charge in [-0.25, -0.2) is 22.4 Å². The van der Waals surface area contributed by atoms with Crippen LogP contribution in [0.15, 0.2) is 37.9 Å². The van der Waals surface area contributed by atoms with E-state index in [2.05, 4.69) is 25.6 Å². The summed E-state index contributed by atoms with van der Waals surface area (Å²) in [5.74, 6) is -0.267. The van der Waals surface area contributed by atoms with E-state index in [0.29, 0.717) is 68.2 Å². The Balaban J connectivity index is 1.22. The molecule has 9 rings (SSSR count). The van der Waals surface area contributed by atoms with Gasteiger partial charge in [-0.05, 0) is 69.2 Å².